The van der Waals surface area contributed by atoms with E-state index in [1.54, 1.807) is 6.07 Å². The zero-order valence-electron chi connectivity index (χ0n) is 10.2. The van der Waals surface area contributed by atoms with Crippen LogP contribution in [0.3, 0.4) is 0 Å². The number of rotatable bonds is 4. The third-order valence-corrected chi connectivity index (χ3v) is 3.13. The van der Waals surface area contributed by atoms with Gasteiger partial charge >= 0.3 is 0 Å². The van der Waals surface area contributed by atoms with Crippen LogP contribution in [0.5, 0.6) is 5.75 Å². The van der Waals surface area contributed by atoms with E-state index < -0.39 is 11.6 Å². The van der Waals surface area contributed by atoms with Gasteiger partial charge in [-0.25, -0.2) is 8.78 Å². The number of hydrogen-bond acceptors (Lipinski definition) is 2. The largest absolute Gasteiger partial charge is 0.488 e. The van der Waals surface area contributed by atoms with Crippen LogP contribution < -0.4 is 10.5 Å². The minimum Gasteiger partial charge on any atom is -0.488 e. The van der Waals surface area contributed by atoms with Gasteiger partial charge in [-0.15, -0.1) is 0 Å². The van der Waals surface area contributed by atoms with E-state index in [1.165, 1.54) is 30.3 Å². The van der Waals surface area contributed by atoms with Gasteiger partial charge in [-0.2, -0.15) is 0 Å². The van der Waals surface area contributed by atoms with Crippen molar-refractivity contribution < 1.29 is 13.5 Å². The van der Waals surface area contributed by atoms with Crippen molar-refractivity contribution in [1.82, 2.24) is 0 Å². The molecule has 0 spiro atoms. The molecule has 0 aliphatic rings. The fourth-order valence-electron chi connectivity index (χ4n) is 1.68. The van der Waals surface area contributed by atoms with Crippen LogP contribution in [0.1, 0.15) is 11.1 Å². The van der Waals surface area contributed by atoms with Crippen molar-refractivity contribution in [1.29, 1.82) is 0 Å². The molecule has 0 unspecified atom stereocenters. The summed E-state index contributed by atoms with van der Waals surface area (Å²) in [5.41, 5.74) is 5.72. The SMILES string of the molecule is NC(=S)c1c(F)cccc1OCc1cccc(Cl)c1F. The van der Waals surface area contributed by atoms with Gasteiger partial charge in [-0.05, 0) is 18.2 Å². The van der Waals surface area contributed by atoms with Crippen molar-refractivity contribution in [3.8, 4) is 5.75 Å². The average molecular weight is 314 g/mol. The minimum absolute atomic E-state index is 0.0000820. The Balaban J connectivity index is 2.26. The summed E-state index contributed by atoms with van der Waals surface area (Å²) in [7, 11) is 0. The summed E-state index contributed by atoms with van der Waals surface area (Å²) in [5.74, 6) is -0.985. The summed E-state index contributed by atoms with van der Waals surface area (Å²) >= 11 is 10.4. The minimum atomic E-state index is -0.582. The monoisotopic (exact) mass is 313 g/mol. The number of ether oxygens (including phenoxy) is 1. The zero-order chi connectivity index (χ0) is 14.7. The smallest absolute Gasteiger partial charge is 0.148 e. The van der Waals surface area contributed by atoms with Gasteiger partial charge in [-0.1, -0.05) is 42.0 Å². The van der Waals surface area contributed by atoms with E-state index in [4.69, 9.17) is 34.3 Å². The third kappa shape index (κ3) is 3.05. The summed E-state index contributed by atoms with van der Waals surface area (Å²) in [6, 6.07) is 8.76. The molecular weight excluding hydrogens is 304 g/mol. The maximum absolute atomic E-state index is 13.7. The molecule has 0 aliphatic carbocycles. The number of thiocarbonyl (C=S) groups is 1. The van der Waals surface area contributed by atoms with Gasteiger partial charge < -0.3 is 10.5 Å². The highest BCUT2D eigenvalue weighted by atomic mass is 35.5. The predicted octanol–water partition coefficient (Wildman–Crippen LogP) is 3.83. The van der Waals surface area contributed by atoms with Gasteiger partial charge in [0.15, 0.2) is 0 Å². The van der Waals surface area contributed by atoms with Gasteiger partial charge in [-0.3, -0.25) is 0 Å². The summed E-state index contributed by atoms with van der Waals surface area (Å²) in [4.78, 5) is -0.121. The fourth-order valence-corrected chi connectivity index (χ4v) is 2.07. The lowest BCUT2D eigenvalue weighted by atomic mass is 10.2. The normalized spacial score (nSPS) is 10.3. The molecule has 2 rings (SSSR count). The molecule has 0 amide bonds. The summed E-state index contributed by atoms with van der Waals surface area (Å²) in [6.07, 6.45) is 0. The molecule has 0 aliphatic heterocycles. The second kappa shape index (κ2) is 6.15. The van der Waals surface area contributed by atoms with Gasteiger partial charge in [0.05, 0.1) is 10.6 Å². The highest BCUT2D eigenvalue weighted by molar-refractivity contribution is 7.80. The molecule has 0 atom stereocenters. The fraction of sp³-hybridized carbons (Fsp3) is 0.0714. The molecule has 104 valence electrons. The first-order valence-electron chi connectivity index (χ1n) is 5.64. The highest BCUT2D eigenvalue weighted by Gasteiger charge is 2.13. The Labute approximate surface area is 125 Å². The molecule has 0 aromatic heterocycles. The van der Waals surface area contributed by atoms with E-state index in [9.17, 15) is 8.78 Å². The van der Waals surface area contributed by atoms with Crippen molar-refractivity contribution >= 4 is 28.8 Å². The van der Waals surface area contributed by atoms with Crippen LogP contribution in [0.2, 0.25) is 5.02 Å². The first-order chi connectivity index (χ1) is 9.50. The summed E-state index contributed by atoms with van der Waals surface area (Å²) in [5, 5.41) is -0.0000820. The molecule has 2 nitrogen and oxygen atoms in total. The molecule has 2 aromatic carbocycles. The van der Waals surface area contributed by atoms with Crippen molar-refractivity contribution in [2.45, 2.75) is 6.61 Å². The van der Waals surface area contributed by atoms with E-state index in [-0.39, 0.29) is 33.5 Å². The standard InChI is InChI=1S/C14H10ClF2NOS/c15-9-4-1-3-8(13(9)17)7-19-11-6-2-5-10(16)12(11)14(18)20/h1-6H,7H2,(H2,18,20). The Morgan fingerprint density at radius 3 is 2.60 bits per heavy atom. The second-order valence-corrected chi connectivity index (χ2v) is 4.83. The number of benzene rings is 2. The predicted molar refractivity (Wildman–Crippen MR) is 78.0 cm³/mol. The maximum Gasteiger partial charge on any atom is 0.148 e. The number of nitrogens with two attached hydrogens (primary N) is 1. The lowest BCUT2D eigenvalue weighted by Gasteiger charge is -2.12. The van der Waals surface area contributed by atoms with Crippen LogP contribution in [-0.4, -0.2) is 4.99 Å². The Morgan fingerprint density at radius 1 is 1.20 bits per heavy atom. The number of halogens is 3. The van der Waals surface area contributed by atoms with Crippen LogP contribution in [-0.2, 0) is 6.61 Å². The van der Waals surface area contributed by atoms with Gasteiger partial charge in [0, 0.05) is 5.56 Å². The van der Waals surface area contributed by atoms with Gasteiger partial charge in [0.25, 0.3) is 0 Å². The molecule has 2 aromatic rings. The molecule has 0 saturated carbocycles. The van der Waals surface area contributed by atoms with Crippen molar-refractivity contribution in [3.05, 3.63) is 64.2 Å². The first-order valence-corrected chi connectivity index (χ1v) is 6.43. The molecule has 20 heavy (non-hydrogen) atoms. The Bertz CT molecular complexity index is 664. The molecule has 0 fully saturated rings. The van der Waals surface area contributed by atoms with E-state index in [0.717, 1.165) is 0 Å². The van der Waals surface area contributed by atoms with Crippen molar-refractivity contribution in [2.75, 3.05) is 0 Å². The maximum atomic E-state index is 13.7. The van der Waals surface area contributed by atoms with Crippen LogP contribution in [0.4, 0.5) is 8.78 Å². The lowest BCUT2D eigenvalue weighted by molar-refractivity contribution is 0.298. The Morgan fingerprint density at radius 2 is 1.90 bits per heavy atom. The highest BCUT2D eigenvalue weighted by Crippen LogP contribution is 2.24. The average Bonchev–Trinajstić information content (AvgIpc) is 2.40. The molecule has 0 bridgehead atoms. The molecule has 2 N–H and O–H groups in total. The van der Waals surface area contributed by atoms with Crippen LogP contribution in [0.25, 0.3) is 0 Å². The molecule has 0 saturated heterocycles. The lowest BCUT2D eigenvalue weighted by Crippen LogP contribution is -2.14. The van der Waals surface area contributed by atoms with Crippen molar-refractivity contribution in [2.24, 2.45) is 5.73 Å². The Kier molecular flexibility index (Phi) is 4.52. The quantitative estimate of drug-likeness (QED) is 0.871. The van der Waals surface area contributed by atoms with E-state index >= 15 is 0 Å². The van der Waals surface area contributed by atoms with Gasteiger partial charge in [0.1, 0.15) is 29.0 Å². The van der Waals surface area contributed by atoms with Crippen LogP contribution in [0, 0.1) is 11.6 Å². The van der Waals surface area contributed by atoms with Crippen LogP contribution in [0.15, 0.2) is 36.4 Å². The molecule has 0 radical (unpaired) electrons. The second-order valence-electron chi connectivity index (χ2n) is 3.98. The summed E-state index contributed by atoms with van der Waals surface area (Å²) < 4.78 is 32.7. The van der Waals surface area contributed by atoms with E-state index in [2.05, 4.69) is 0 Å². The molecular formula is C14H10ClF2NOS. The Hall–Kier alpha value is -1.72. The van der Waals surface area contributed by atoms with Crippen LogP contribution >= 0.6 is 23.8 Å². The van der Waals surface area contributed by atoms with Crippen molar-refractivity contribution in [3.63, 3.8) is 0 Å². The summed E-state index contributed by atoms with van der Waals surface area (Å²) in [6.45, 7) is -0.106. The number of hydrogen-bond donors (Lipinski definition) is 1. The van der Waals surface area contributed by atoms with Gasteiger partial charge in [0.2, 0.25) is 0 Å². The first kappa shape index (κ1) is 14.7. The zero-order valence-corrected chi connectivity index (χ0v) is 11.8. The molecule has 6 heteroatoms. The molecule has 0 heterocycles. The van der Waals surface area contributed by atoms with E-state index in [1.807, 2.05) is 0 Å². The van der Waals surface area contributed by atoms with E-state index in [0.29, 0.717) is 0 Å². The third-order valence-electron chi connectivity index (χ3n) is 2.64. The topological polar surface area (TPSA) is 35.2 Å².